The van der Waals surface area contributed by atoms with E-state index in [0.29, 0.717) is 6.04 Å². The lowest BCUT2D eigenvalue weighted by molar-refractivity contribution is 0.161. The molecule has 2 saturated carbocycles. The molecule has 2 aliphatic carbocycles. The Bertz CT molecular complexity index is 421. The molecular weight excluding hydrogens is 268 g/mol. The van der Waals surface area contributed by atoms with Crippen LogP contribution in [0.3, 0.4) is 0 Å². The summed E-state index contributed by atoms with van der Waals surface area (Å²) in [5.41, 5.74) is 7.64. The Morgan fingerprint density at radius 2 is 1.60 bits per heavy atom. The van der Waals surface area contributed by atoms with Crippen LogP contribution in [0.2, 0.25) is 5.02 Å². The van der Waals surface area contributed by atoms with Gasteiger partial charge in [0.25, 0.3) is 0 Å². The zero-order chi connectivity index (χ0) is 14.1. The molecule has 2 nitrogen and oxygen atoms in total. The summed E-state index contributed by atoms with van der Waals surface area (Å²) in [4.78, 5) is 2.64. The number of rotatable bonds is 7. The molecule has 2 atom stereocenters. The van der Waals surface area contributed by atoms with Gasteiger partial charge in [-0.25, -0.2) is 0 Å². The van der Waals surface area contributed by atoms with Gasteiger partial charge in [-0.2, -0.15) is 0 Å². The highest BCUT2D eigenvalue weighted by atomic mass is 35.5. The zero-order valence-electron chi connectivity index (χ0n) is 12.3. The summed E-state index contributed by atoms with van der Waals surface area (Å²) in [6.07, 6.45) is 5.59. The lowest BCUT2D eigenvalue weighted by Crippen LogP contribution is -2.41. The van der Waals surface area contributed by atoms with E-state index in [1.165, 1.54) is 44.3 Å². The molecule has 0 aliphatic heterocycles. The van der Waals surface area contributed by atoms with E-state index in [0.717, 1.165) is 16.9 Å². The molecule has 0 amide bonds. The maximum atomic E-state index is 6.33. The van der Waals surface area contributed by atoms with E-state index in [1.807, 2.05) is 12.1 Å². The first-order valence-electron chi connectivity index (χ1n) is 7.88. The summed E-state index contributed by atoms with van der Waals surface area (Å²) < 4.78 is 0. The molecule has 2 unspecified atom stereocenters. The highest BCUT2D eigenvalue weighted by molar-refractivity contribution is 6.30. The largest absolute Gasteiger partial charge is 0.326 e. The number of hydrogen-bond donors (Lipinski definition) is 1. The van der Waals surface area contributed by atoms with Crippen LogP contribution in [0.5, 0.6) is 0 Å². The molecule has 0 aromatic heterocycles. The van der Waals surface area contributed by atoms with Gasteiger partial charge in [0.15, 0.2) is 0 Å². The van der Waals surface area contributed by atoms with Gasteiger partial charge in [0, 0.05) is 30.2 Å². The summed E-state index contributed by atoms with van der Waals surface area (Å²) >= 11 is 6.02. The van der Waals surface area contributed by atoms with Crippen molar-refractivity contribution in [3.63, 3.8) is 0 Å². The predicted molar refractivity (Wildman–Crippen MR) is 84.9 cm³/mol. The summed E-state index contributed by atoms with van der Waals surface area (Å²) in [6, 6.07) is 8.73. The minimum absolute atomic E-state index is 0.147. The Hall–Kier alpha value is -0.570. The molecule has 0 heterocycles. The van der Waals surface area contributed by atoms with Crippen LogP contribution in [-0.4, -0.2) is 24.0 Å². The van der Waals surface area contributed by atoms with Gasteiger partial charge < -0.3 is 5.73 Å². The zero-order valence-corrected chi connectivity index (χ0v) is 13.0. The van der Waals surface area contributed by atoms with E-state index in [1.54, 1.807) is 0 Å². The monoisotopic (exact) mass is 292 g/mol. The second kappa shape index (κ2) is 6.05. The number of nitrogens with two attached hydrogens (primary N) is 1. The molecule has 0 saturated heterocycles. The number of halogens is 1. The van der Waals surface area contributed by atoms with Crippen molar-refractivity contribution in [2.75, 3.05) is 13.1 Å². The van der Waals surface area contributed by atoms with Crippen molar-refractivity contribution in [3.05, 3.63) is 34.9 Å². The molecule has 2 aliphatic rings. The number of hydrogen-bond acceptors (Lipinski definition) is 2. The van der Waals surface area contributed by atoms with Gasteiger partial charge in [-0.15, -0.1) is 0 Å². The highest BCUT2D eigenvalue weighted by Gasteiger charge is 2.34. The fourth-order valence-corrected chi connectivity index (χ4v) is 3.20. The maximum absolute atomic E-state index is 6.33. The van der Waals surface area contributed by atoms with Crippen molar-refractivity contribution >= 4 is 11.6 Å². The normalized spacial score (nSPS) is 22.0. The Morgan fingerprint density at radius 1 is 1.10 bits per heavy atom. The van der Waals surface area contributed by atoms with Crippen molar-refractivity contribution in [2.45, 2.75) is 44.7 Å². The molecule has 110 valence electrons. The summed E-state index contributed by atoms with van der Waals surface area (Å²) in [6.45, 7) is 4.56. The Kier molecular flexibility index (Phi) is 4.34. The first kappa shape index (κ1) is 14.4. The van der Waals surface area contributed by atoms with E-state index >= 15 is 0 Å². The average molecular weight is 293 g/mol. The van der Waals surface area contributed by atoms with Crippen molar-refractivity contribution in [1.82, 2.24) is 4.90 Å². The molecule has 0 bridgehead atoms. The molecule has 0 spiro atoms. The lowest BCUT2D eigenvalue weighted by Gasteiger charge is -2.35. The Morgan fingerprint density at radius 3 is 2.00 bits per heavy atom. The molecule has 2 fully saturated rings. The second-order valence-corrected chi connectivity index (χ2v) is 7.13. The van der Waals surface area contributed by atoms with Crippen LogP contribution in [0.1, 0.15) is 44.2 Å². The van der Waals surface area contributed by atoms with Crippen molar-refractivity contribution in [2.24, 2.45) is 17.6 Å². The van der Waals surface area contributed by atoms with Gasteiger partial charge in [0.1, 0.15) is 0 Å². The second-order valence-electron chi connectivity index (χ2n) is 6.70. The van der Waals surface area contributed by atoms with Crippen LogP contribution in [0.25, 0.3) is 0 Å². The topological polar surface area (TPSA) is 29.3 Å². The third-order valence-corrected chi connectivity index (χ3v) is 4.73. The molecule has 20 heavy (non-hydrogen) atoms. The number of nitrogens with zero attached hydrogens (tertiary/aromatic N) is 1. The quantitative estimate of drug-likeness (QED) is 0.827. The molecule has 3 heteroatoms. The van der Waals surface area contributed by atoms with Gasteiger partial charge in [-0.3, -0.25) is 4.90 Å². The highest BCUT2D eigenvalue weighted by Crippen LogP contribution is 2.38. The fourth-order valence-electron chi connectivity index (χ4n) is 3.07. The fraction of sp³-hybridized carbons (Fsp3) is 0.647. The Balaban J connectivity index is 1.78. The van der Waals surface area contributed by atoms with Crippen molar-refractivity contribution < 1.29 is 0 Å². The van der Waals surface area contributed by atoms with E-state index in [2.05, 4.69) is 24.0 Å². The third-order valence-electron chi connectivity index (χ3n) is 4.48. The summed E-state index contributed by atoms with van der Waals surface area (Å²) in [5, 5.41) is 0.799. The lowest BCUT2D eigenvalue weighted by atomic mass is 9.98. The first-order valence-corrected chi connectivity index (χ1v) is 8.26. The van der Waals surface area contributed by atoms with Crippen LogP contribution in [0, 0.1) is 11.8 Å². The van der Waals surface area contributed by atoms with E-state index in [4.69, 9.17) is 17.3 Å². The van der Waals surface area contributed by atoms with Gasteiger partial charge in [-0.1, -0.05) is 23.7 Å². The predicted octanol–water partition coefficient (Wildman–Crippen LogP) is 3.85. The minimum atomic E-state index is 0.147. The van der Waals surface area contributed by atoms with Gasteiger partial charge in [-0.05, 0) is 62.1 Å². The molecule has 1 aromatic rings. The van der Waals surface area contributed by atoms with Crippen LogP contribution in [-0.2, 0) is 0 Å². The van der Waals surface area contributed by atoms with Gasteiger partial charge >= 0.3 is 0 Å². The standard InChI is InChI=1S/C17H25ClN2/c1-12(19)17(15-6-8-16(18)9-7-15)20(10-13-2-3-13)11-14-4-5-14/h6-9,12-14,17H,2-5,10-11,19H2,1H3. The van der Waals surface area contributed by atoms with Gasteiger partial charge in [0.2, 0.25) is 0 Å². The molecule has 0 radical (unpaired) electrons. The van der Waals surface area contributed by atoms with Crippen LogP contribution >= 0.6 is 11.6 Å². The Labute approximate surface area is 127 Å². The summed E-state index contributed by atoms with van der Waals surface area (Å²) in [5.74, 6) is 1.81. The van der Waals surface area contributed by atoms with E-state index in [9.17, 15) is 0 Å². The van der Waals surface area contributed by atoms with Crippen LogP contribution in [0.4, 0.5) is 0 Å². The van der Waals surface area contributed by atoms with Crippen molar-refractivity contribution in [1.29, 1.82) is 0 Å². The van der Waals surface area contributed by atoms with Crippen LogP contribution < -0.4 is 5.73 Å². The first-order chi connectivity index (χ1) is 9.63. The number of benzene rings is 1. The van der Waals surface area contributed by atoms with Crippen LogP contribution in [0.15, 0.2) is 24.3 Å². The third kappa shape index (κ3) is 3.75. The maximum Gasteiger partial charge on any atom is 0.0496 e. The molecular formula is C17H25ClN2. The molecule has 3 rings (SSSR count). The molecule has 1 aromatic carbocycles. The van der Waals surface area contributed by atoms with Crippen molar-refractivity contribution in [3.8, 4) is 0 Å². The van der Waals surface area contributed by atoms with Gasteiger partial charge in [0.05, 0.1) is 0 Å². The smallest absolute Gasteiger partial charge is 0.0496 e. The summed E-state index contributed by atoms with van der Waals surface area (Å²) in [7, 11) is 0. The van der Waals surface area contributed by atoms with E-state index < -0.39 is 0 Å². The minimum Gasteiger partial charge on any atom is -0.326 e. The van der Waals surface area contributed by atoms with E-state index in [-0.39, 0.29) is 6.04 Å². The average Bonchev–Trinajstić information content (AvgIpc) is 3.27. The SMILES string of the molecule is CC(N)C(c1ccc(Cl)cc1)N(CC1CC1)CC1CC1. The molecule has 2 N–H and O–H groups in total.